The number of hydrogen-bond acceptors (Lipinski definition) is 4. The highest BCUT2D eigenvalue weighted by molar-refractivity contribution is 9.13. The van der Waals surface area contributed by atoms with E-state index in [0.717, 1.165) is 19.7 Å². The van der Waals surface area contributed by atoms with Gasteiger partial charge in [0.25, 0.3) is 0 Å². The molecule has 0 saturated carbocycles. The Bertz CT molecular complexity index is 437. The highest BCUT2D eigenvalue weighted by atomic mass is 79.9. The minimum atomic E-state index is -2.98. The van der Waals surface area contributed by atoms with Gasteiger partial charge in [-0.1, -0.05) is 6.92 Å². The van der Waals surface area contributed by atoms with E-state index in [1.54, 1.807) is 11.3 Å². The number of nitrogens with one attached hydrogen (secondary N) is 1. The molecule has 7 heteroatoms. The number of halogens is 2. The minimum absolute atomic E-state index is 0.125. The van der Waals surface area contributed by atoms with E-state index in [4.69, 9.17) is 0 Å². The van der Waals surface area contributed by atoms with E-state index in [2.05, 4.69) is 37.2 Å². The van der Waals surface area contributed by atoms with Gasteiger partial charge in [-0.15, -0.1) is 11.3 Å². The summed E-state index contributed by atoms with van der Waals surface area (Å²) < 4.78 is 24.6. The summed E-state index contributed by atoms with van der Waals surface area (Å²) in [7, 11) is -2.98. The molecule has 0 radical (unpaired) electrons. The van der Waals surface area contributed by atoms with Gasteiger partial charge in [-0.25, -0.2) is 8.42 Å². The van der Waals surface area contributed by atoms with E-state index in [0.29, 0.717) is 0 Å². The topological polar surface area (TPSA) is 46.2 Å². The molecule has 0 fully saturated rings. The molecule has 92 valence electrons. The van der Waals surface area contributed by atoms with Gasteiger partial charge in [0.2, 0.25) is 0 Å². The molecule has 0 amide bonds. The first-order valence-corrected chi connectivity index (χ1v) is 9.15. The van der Waals surface area contributed by atoms with Crippen molar-refractivity contribution in [2.45, 2.75) is 13.0 Å². The van der Waals surface area contributed by atoms with Crippen LogP contribution >= 0.6 is 43.2 Å². The van der Waals surface area contributed by atoms with Crippen LogP contribution < -0.4 is 5.32 Å². The van der Waals surface area contributed by atoms with E-state index in [9.17, 15) is 8.42 Å². The second-order valence-electron chi connectivity index (χ2n) is 3.47. The molecule has 0 aliphatic rings. The first-order chi connectivity index (χ1) is 7.33. The maximum Gasteiger partial charge on any atom is 0.149 e. The fourth-order valence-electron chi connectivity index (χ4n) is 1.33. The predicted octanol–water partition coefficient (Wildman–Crippen LogP) is 2.97. The smallest absolute Gasteiger partial charge is 0.149 e. The lowest BCUT2D eigenvalue weighted by molar-refractivity contribution is 0.567. The molecule has 1 unspecified atom stereocenters. The fraction of sp³-hybridized carbons (Fsp3) is 0.556. The lowest BCUT2D eigenvalue weighted by atomic mass is 10.3. The Morgan fingerprint density at radius 1 is 1.50 bits per heavy atom. The van der Waals surface area contributed by atoms with Crippen molar-refractivity contribution in [3.8, 4) is 0 Å². The SMILES string of the molecule is CCNC(CS(C)(=O)=O)c1cc(Br)c(Br)s1. The summed E-state index contributed by atoms with van der Waals surface area (Å²) in [5.74, 6) is 0.125. The quantitative estimate of drug-likeness (QED) is 0.840. The molecule has 0 aromatic carbocycles. The predicted molar refractivity (Wildman–Crippen MR) is 75.8 cm³/mol. The van der Waals surface area contributed by atoms with Crippen molar-refractivity contribution in [2.75, 3.05) is 18.6 Å². The third kappa shape index (κ3) is 4.44. The van der Waals surface area contributed by atoms with Crippen LogP contribution in [-0.2, 0) is 9.84 Å². The summed E-state index contributed by atoms with van der Waals surface area (Å²) in [6.45, 7) is 2.71. The summed E-state index contributed by atoms with van der Waals surface area (Å²) in [6, 6.07) is 1.82. The number of sulfone groups is 1. The zero-order valence-corrected chi connectivity index (χ0v) is 13.8. The Balaban J connectivity index is 2.93. The van der Waals surface area contributed by atoms with Crippen molar-refractivity contribution in [2.24, 2.45) is 0 Å². The van der Waals surface area contributed by atoms with E-state index < -0.39 is 9.84 Å². The first-order valence-electron chi connectivity index (χ1n) is 4.69. The van der Waals surface area contributed by atoms with Gasteiger partial charge in [-0.05, 0) is 44.5 Å². The van der Waals surface area contributed by atoms with Gasteiger partial charge in [0.15, 0.2) is 0 Å². The molecule has 1 heterocycles. The van der Waals surface area contributed by atoms with Crippen LogP contribution in [0.3, 0.4) is 0 Å². The summed E-state index contributed by atoms with van der Waals surface area (Å²) in [4.78, 5) is 1.02. The molecule has 1 rings (SSSR count). The van der Waals surface area contributed by atoms with Gasteiger partial charge in [-0.2, -0.15) is 0 Å². The molecule has 0 aliphatic carbocycles. The molecule has 3 nitrogen and oxygen atoms in total. The number of thiophene rings is 1. The minimum Gasteiger partial charge on any atom is -0.309 e. The van der Waals surface area contributed by atoms with Crippen LogP contribution in [0.4, 0.5) is 0 Å². The maximum absolute atomic E-state index is 11.3. The average molecular weight is 391 g/mol. The van der Waals surface area contributed by atoms with Gasteiger partial charge in [-0.3, -0.25) is 0 Å². The molecule has 0 spiro atoms. The molecule has 0 saturated heterocycles. The lowest BCUT2D eigenvalue weighted by Gasteiger charge is -2.14. The number of hydrogen-bond donors (Lipinski definition) is 1. The van der Waals surface area contributed by atoms with E-state index in [-0.39, 0.29) is 11.8 Å². The van der Waals surface area contributed by atoms with Crippen molar-refractivity contribution in [3.63, 3.8) is 0 Å². The van der Waals surface area contributed by atoms with Crippen molar-refractivity contribution in [1.29, 1.82) is 0 Å². The van der Waals surface area contributed by atoms with Crippen LogP contribution in [0.25, 0.3) is 0 Å². The first kappa shape index (κ1) is 14.6. The highest BCUT2D eigenvalue weighted by Crippen LogP contribution is 2.35. The summed E-state index contributed by atoms with van der Waals surface area (Å²) in [5, 5.41) is 3.19. The van der Waals surface area contributed by atoms with Crippen molar-refractivity contribution < 1.29 is 8.42 Å². The van der Waals surface area contributed by atoms with Crippen LogP contribution in [0.2, 0.25) is 0 Å². The van der Waals surface area contributed by atoms with Gasteiger partial charge in [0, 0.05) is 15.6 Å². The van der Waals surface area contributed by atoms with Crippen molar-refractivity contribution >= 4 is 53.0 Å². The molecule has 0 aliphatic heterocycles. The Morgan fingerprint density at radius 2 is 2.12 bits per heavy atom. The zero-order chi connectivity index (χ0) is 12.3. The second kappa shape index (κ2) is 5.95. The van der Waals surface area contributed by atoms with E-state index >= 15 is 0 Å². The third-order valence-corrected chi connectivity index (χ3v) is 6.24. The second-order valence-corrected chi connectivity index (χ2v) is 8.91. The number of rotatable bonds is 5. The highest BCUT2D eigenvalue weighted by Gasteiger charge is 2.19. The molecule has 1 aromatic heterocycles. The summed E-state index contributed by atoms with van der Waals surface area (Å²) >= 11 is 8.36. The molecular formula is C9H13Br2NO2S2. The maximum atomic E-state index is 11.3. The van der Waals surface area contributed by atoms with Gasteiger partial charge < -0.3 is 5.32 Å². The molecule has 1 aromatic rings. The van der Waals surface area contributed by atoms with Crippen molar-refractivity contribution in [1.82, 2.24) is 5.32 Å². The molecule has 0 bridgehead atoms. The normalized spacial score (nSPS) is 14.0. The van der Waals surface area contributed by atoms with Gasteiger partial charge >= 0.3 is 0 Å². The molecular weight excluding hydrogens is 378 g/mol. The van der Waals surface area contributed by atoms with Gasteiger partial charge in [0.05, 0.1) is 15.6 Å². The molecule has 1 N–H and O–H groups in total. The van der Waals surface area contributed by atoms with Crippen LogP contribution in [0, 0.1) is 0 Å². The Kier molecular flexibility index (Phi) is 5.44. The average Bonchev–Trinajstić information content (AvgIpc) is 2.44. The molecule has 1 atom stereocenters. The van der Waals surface area contributed by atoms with Gasteiger partial charge in [0.1, 0.15) is 9.84 Å². The molecule has 16 heavy (non-hydrogen) atoms. The van der Waals surface area contributed by atoms with E-state index in [1.165, 1.54) is 6.26 Å². The monoisotopic (exact) mass is 389 g/mol. The van der Waals surface area contributed by atoms with Crippen LogP contribution in [0.1, 0.15) is 17.8 Å². The van der Waals surface area contributed by atoms with Crippen molar-refractivity contribution in [3.05, 3.63) is 19.2 Å². The summed E-state index contributed by atoms with van der Waals surface area (Å²) in [6.07, 6.45) is 1.26. The largest absolute Gasteiger partial charge is 0.309 e. The summed E-state index contributed by atoms with van der Waals surface area (Å²) in [5.41, 5.74) is 0. The van der Waals surface area contributed by atoms with Crippen LogP contribution in [0.5, 0.6) is 0 Å². The fourth-order valence-corrected chi connectivity index (χ4v) is 4.50. The Labute approximate surface area is 117 Å². The third-order valence-electron chi connectivity index (χ3n) is 1.93. The standard InChI is InChI=1S/C9H13Br2NO2S2/c1-3-12-7(5-16(2,13)14)8-4-6(10)9(11)15-8/h4,7,12H,3,5H2,1-2H3. The van der Waals surface area contributed by atoms with Crippen LogP contribution in [-0.4, -0.2) is 27.0 Å². The Hall–Kier alpha value is 0.570. The van der Waals surface area contributed by atoms with Crippen LogP contribution in [0.15, 0.2) is 14.3 Å². The lowest BCUT2D eigenvalue weighted by Crippen LogP contribution is -2.26. The Morgan fingerprint density at radius 3 is 2.50 bits per heavy atom. The zero-order valence-electron chi connectivity index (χ0n) is 8.96. The van der Waals surface area contributed by atoms with E-state index in [1.807, 2.05) is 13.0 Å².